The lowest BCUT2D eigenvalue weighted by Crippen LogP contribution is -2.38. The highest BCUT2D eigenvalue weighted by Crippen LogP contribution is 2.32. The first-order valence-corrected chi connectivity index (χ1v) is 8.96. The van der Waals surface area contributed by atoms with E-state index < -0.39 is 0 Å². The Morgan fingerprint density at radius 1 is 1.25 bits per heavy atom. The molecule has 1 N–H and O–H groups in total. The van der Waals surface area contributed by atoms with Gasteiger partial charge in [-0.15, -0.1) is 11.3 Å². The van der Waals surface area contributed by atoms with Crippen LogP contribution in [0.1, 0.15) is 50.6 Å². The fraction of sp³-hybridized carbons (Fsp3) is 0.812. The summed E-state index contributed by atoms with van der Waals surface area (Å²) in [7, 11) is 0. The lowest BCUT2D eigenvalue weighted by Gasteiger charge is -2.35. The number of hydrogen-bond donors (Lipinski definition) is 1. The maximum absolute atomic E-state index is 4.91. The summed E-state index contributed by atoms with van der Waals surface area (Å²) >= 11 is 1.92. The molecular weight excluding hydrogens is 266 g/mol. The van der Waals surface area contributed by atoms with Crippen LogP contribution in [-0.2, 0) is 13.0 Å². The second-order valence-electron chi connectivity index (χ2n) is 6.56. The fourth-order valence-corrected chi connectivity index (χ4v) is 4.01. The molecule has 2 heterocycles. The maximum atomic E-state index is 4.91. The number of nitrogens with zero attached hydrogens (tertiary/aromatic N) is 2. The largest absolute Gasteiger partial charge is 0.348 e. The molecule has 0 aromatic carbocycles. The van der Waals surface area contributed by atoms with Crippen LogP contribution in [0.15, 0.2) is 0 Å². The number of nitrogens with one attached hydrogen (secondary N) is 1. The number of anilines is 1. The summed E-state index contributed by atoms with van der Waals surface area (Å²) in [5, 5.41) is 4.89. The van der Waals surface area contributed by atoms with Gasteiger partial charge in [-0.1, -0.05) is 20.8 Å². The lowest BCUT2D eigenvalue weighted by molar-refractivity contribution is 0.323. The molecule has 1 saturated heterocycles. The Balaban J connectivity index is 1.69. The van der Waals surface area contributed by atoms with E-state index in [9.17, 15) is 0 Å². The van der Waals surface area contributed by atoms with Crippen LogP contribution >= 0.6 is 11.3 Å². The molecule has 1 aliphatic heterocycles. The fourth-order valence-electron chi connectivity index (χ4n) is 2.88. The van der Waals surface area contributed by atoms with Crippen LogP contribution in [0.5, 0.6) is 0 Å². The van der Waals surface area contributed by atoms with E-state index in [-0.39, 0.29) is 0 Å². The highest BCUT2D eigenvalue weighted by molar-refractivity contribution is 7.15. The molecular formula is C16H27N3S. The molecule has 20 heavy (non-hydrogen) atoms. The second kappa shape index (κ2) is 6.02. The van der Waals surface area contributed by atoms with Crippen LogP contribution in [0.25, 0.3) is 0 Å². The predicted molar refractivity (Wildman–Crippen MR) is 86.5 cm³/mol. The highest BCUT2D eigenvalue weighted by atomic mass is 32.1. The average molecular weight is 293 g/mol. The van der Waals surface area contributed by atoms with Crippen molar-refractivity contribution in [2.75, 3.05) is 18.0 Å². The van der Waals surface area contributed by atoms with Crippen LogP contribution in [0.2, 0.25) is 0 Å². The summed E-state index contributed by atoms with van der Waals surface area (Å²) in [6.45, 7) is 10.4. The minimum Gasteiger partial charge on any atom is -0.348 e. The summed E-state index contributed by atoms with van der Waals surface area (Å²) in [6, 6.07) is 0.779. The van der Waals surface area contributed by atoms with Crippen LogP contribution in [0, 0.1) is 11.8 Å². The van der Waals surface area contributed by atoms with Gasteiger partial charge in [-0.3, -0.25) is 0 Å². The maximum Gasteiger partial charge on any atom is 0.185 e. The van der Waals surface area contributed by atoms with Gasteiger partial charge in [0.2, 0.25) is 0 Å². The molecule has 4 heteroatoms. The molecule has 2 fully saturated rings. The Morgan fingerprint density at radius 2 is 2.05 bits per heavy atom. The smallest absolute Gasteiger partial charge is 0.185 e. The summed E-state index contributed by atoms with van der Waals surface area (Å²) < 4.78 is 0. The molecule has 1 saturated carbocycles. The van der Waals surface area contributed by atoms with Crippen molar-refractivity contribution in [3.05, 3.63) is 10.6 Å². The normalized spacial score (nSPS) is 27.1. The minimum atomic E-state index is 0.779. The van der Waals surface area contributed by atoms with E-state index in [1.165, 1.54) is 48.1 Å². The van der Waals surface area contributed by atoms with Crippen molar-refractivity contribution in [3.63, 3.8) is 0 Å². The van der Waals surface area contributed by atoms with E-state index in [1.807, 2.05) is 11.3 Å². The van der Waals surface area contributed by atoms with E-state index >= 15 is 0 Å². The van der Waals surface area contributed by atoms with E-state index in [2.05, 4.69) is 31.0 Å². The molecule has 3 rings (SSSR count). The van der Waals surface area contributed by atoms with Gasteiger partial charge in [0, 0.05) is 30.6 Å². The topological polar surface area (TPSA) is 28.2 Å². The summed E-state index contributed by atoms with van der Waals surface area (Å²) in [5.41, 5.74) is 1.31. The third kappa shape index (κ3) is 3.17. The van der Waals surface area contributed by atoms with Gasteiger partial charge in [0.15, 0.2) is 5.13 Å². The Hall–Kier alpha value is -0.610. The van der Waals surface area contributed by atoms with Crippen LogP contribution in [0.4, 0.5) is 5.13 Å². The van der Waals surface area contributed by atoms with E-state index in [4.69, 9.17) is 4.98 Å². The first-order valence-electron chi connectivity index (χ1n) is 8.14. The Labute approximate surface area is 126 Å². The number of aromatic nitrogens is 1. The Kier molecular flexibility index (Phi) is 4.32. The lowest BCUT2D eigenvalue weighted by atomic mass is 9.89. The van der Waals surface area contributed by atoms with Crippen molar-refractivity contribution in [2.24, 2.45) is 11.8 Å². The van der Waals surface area contributed by atoms with Gasteiger partial charge < -0.3 is 10.2 Å². The quantitative estimate of drug-likeness (QED) is 0.901. The monoisotopic (exact) mass is 293 g/mol. The zero-order chi connectivity index (χ0) is 14.1. The summed E-state index contributed by atoms with van der Waals surface area (Å²) in [5.74, 6) is 1.64. The number of hydrogen-bond acceptors (Lipinski definition) is 4. The molecule has 0 spiro atoms. The van der Waals surface area contributed by atoms with Crippen LogP contribution in [0.3, 0.4) is 0 Å². The molecule has 0 bridgehead atoms. The van der Waals surface area contributed by atoms with Gasteiger partial charge in [-0.05, 0) is 37.5 Å². The van der Waals surface area contributed by atoms with Crippen molar-refractivity contribution in [2.45, 2.75) is 59.0 Å². The molecule has 0 amide bonds. The van der Waals surface area contributed by atoms with Crippen molar-refractivity contribution in [3.8, 4) is 0 Å². The average Bonchev–Trinajstić information content (AvgIpc) is 3.18. The second-order valence-corrected chi connectivity index (χ2v) is 7.63. The Morgan fingerprint density at radius 3 is 2.70 bits per heavy atom. The molecule has 0 radical (unpaired) electrons. The van der Waals surface area contributed by atoms with Crippen molar-refractivity contribution in [1.29, 1.82) is 0 Å². The van der Waals surface area contributed by atoms with E-state index in [0.29, 0.717) is 0 Å². The zero-order valence-electron chi connectivity index (χ0n) is 13.0. The molecule has 1 aliphatic carbocycles. The number of piperidine rings is 1. The number of rotatable bonds is 5. The molecule has 112 valence electrons. The van der Waals surface area contributed by atoms with Gasteiger partial charge in [0.25, 0.3) is 0 Å². The molecule has 2 atom stereocenters. The minimum absolute atomic E-state index is 0.779. The Bertz CT molecular complexity index is 453. The number of thiazole rings is 1. The van der Waals surface area contributed by atoms with Crippen molar-refractivity contribution in [1.82, 2.24) is 10.3 Å². The first-order chi connectivity index (χ1) is 9.67. The summed E-state index contributed by atoms with van der Waals surface area (Å²) in [4.78, 5) is 8.88. The van der Waals surface area contributed by atoms with Crippen molar-refractivity contribution >= 4 is 16.5 Å². The third-order valence-electron chi connectivity index (χ3n) is 4.84. The zero-order valence-corrected chi connectivity index (χ0v) is 13.8. The SMILES string of the molecule is CCc1nc(N2CCC(C)C(C)C2)sc1CNC1CC1. The van der Waals surface area contributed by atoms with E-state index in [1.54, 1.807) is 0 Å². The molecule has 2 unspecified atom stereocenters. The van der Waals surface area contributed by atoms with E-state index in [0.717, 1.165) is 30.8 Å². The molecule has 1 aromatic rings. The van der Waals surface area contributed by atoms with Gasteiger partial charge in [0.05, 0.1) is 5.69 Å². The molecule has 2 aliphatic rings. The predicted octanol–water partition coefficient (Wildman–Crippen LogP) is 3.44. The van der Waals surface area contributed by atoms with Crippen molar-refractivity contribution < 1.29 is 0 Å². The van der Waals surface area contributed by atoms with Gasteiger partial charge in [-0.25, -0.2) is 4.98 Å². The number of aryl methyl sites for hydroxylation is 1. The first kappa shape index (κ1) is 14.3. The standard InChI is InChI=1S/C16H27N3S/c1-4-14-15(9-17-13-5-6-13)20-16(18-14)19-8-7-11(2)12(3)10-19/h11-13,17H,4-10H2,1-3H3. The van der Waals surface area contributed by atoms with Gasteiger partial charge in [-0.2, -0.15) is 0 Å². The molecule has 3 nitrogen and oxygen atoms in total. The van der Waals surface area contributed by atoms with Crippen LogP contribution < -0.4 is 10.2 Å². The molecule has 1 aromatic heterocycles. The third-order valence-corrected chi connectivity index (χ3v) is 5.99. The van der Waals surface area contributed by atoms with Gasteiger partial charge in [0.1, 0.15) is 0 Å². The van der Waals surface area contributed by atoms with Crippen LogP contribution in [-0.4, -0.2) is 24.1 Å². The van der Waals surface area contributed by atoms with Gasteiger partial charge >= 0.3 is 0 Å². The summed E-state index contributed by atoms with van der Waals surface area (Å²) in [6.07, 6.45) is 5.07. The highest BCUT2D eigenvalue weighted by Gasteiger charge is 2.26.